The summed E-state index contributed by atoms with van der Waals surface area (Å²) in [5.41, 5.74) is 8.36. The van der Waals surface area contributed by atoms with Gasteiger partial charge in [-0.25, -0.2) is 4.99 Å². The summed E-state index contributed by atoms with van der Waals surface area (Å²) in [5.74, 6) is 1.79. The normalized spacial score (nSPS) is 11.7. The molecule has 0 saturated heterocycles. The van der Waals surface area contributed by atoms with Crippen LogP contribution in [0.4, 0.5) is 11.5 Å². The molecule has 4 aromatic rings. The molecule has 0 saturated carbocycles. The molecule has 8 heteroatoms. The molecule has 7 nitrogen and oxygen atoms in total. The molecule has 134 valence electrons. The summed E-state index contributed by atoms with van der Waals surface area (Å²) in [6.07, 6.45) is 0. The van der Waals surface area contributed by atoms with Crippen LogP contribution in [0.2, 0.25) is 0 Å². The van der Waals surface area contributed by atoms with Gasteiger partial charge in [0.05, 0.1) is 30.1 Å². The van der Waals surface area contributed by atoms with Gasteiger partial charge in [0, 0.05) is 0 Å². The minimum atomic E-state index is 0.235. The highest BCUT2D eigenvalue weighted by atomic mass is 32.1. The minimum absolute atomic E-state index is 0.235. The van der Waals surface area contributed by atoms with Gasteiger partial charge in [0.1, 0.15) is 28.9 Å². The molecular weight excluding hydrogens is 362 g/mol. The Bertz CT molecular complexity index is 1270. The summed E-state index contributed by atoms with van der Waals surface area (Å²) in [4.78, 5) is 9.73. The van der Waals surface area contributed by atoms with Crippen LogP contribution in [0.1, 0.15) is 5.56 Å². The molecule has 2 N–H and O–H groups in total. The van der Waals surface area contributed by atoms with Crippen LogP contribution in [-0.2, 0) is 0 Å². The van der Waals surface area contributed by atoms with Crippen LogP contribution in [-0.4, -0.2) is 23.6 Å². The molecule has 0 aliphatic rings. The Hall–Kier alpha value is -3.57. The van der Waals surface area contributed by atoms with Crippen LogP contribution >= 0.6 is 11.3 Å². The van der Waals surface area contributed by atoms with Crippen LogP contribution in [0.15, 0.2) is 47.5 Å². The van der Waals surface area contributed by atoms with Crippen LogP contribution in [0.5, 0.6) is 11.5 Å². The Morgan fingerprint density at radius 1 is 1.11 bits per heavy atom. The van der Waals surface area contributed by atoms with Gasteiger partial charge in [-0.15, -0.1) is 0 Å². The fraction of sp³-hybridized carbons (Fsp3) is 0.105. The van der Waals surface area contributed by atoms with Gasteiger partial charge >= 0.3 is 0 Å². The zero-order chi connectivity index (χ0) is 19.0. The highest BCUT2D eigenvalue weighted by Crippen LogP contribution is 2.30. The van der Waals surface area contributed by atoms with E-state index in [1.807, 2.05) is 18.2 Å². The number of ether oxygens (including phenoxy) is 2. The highest BCUT2D eigenvalue weighted by Gasteiger charge is 2.14. The number of nitrogen functional groups attached to an aromatic ring is 1. The van der Waals surface area contributed by atoms with Crippen molar-refractivity contribution < 1.29 is 9.47 Å². The summed E-state index contributed by atoms with van der Waals surface area (Å²) in [6.45, 7) is 0. The Morgan fingerprint density at radius 3 is 2.48 bits per heavy atom. The predicted molar refractivity (Wildman–Crippen MR) is 104 cm³/mol. The van der Waals surface area contributed by atoms with Crippen molar-refractivity contribution in [2.24, 2.45) is 4.99 Å². The van der Waals surface area contributed by atoms with Crippen molar-refractivity contribution >= 4 is 38.0 Å². The quantitative estimate of drug-likeness (QED) is 0.591. The average molecular weight is 377 g/mol. The van der Waals surface area contributed by atoms with Gasteiger partial charge in [-0.2, -0.15) is 10.2 Å². The maximum atomic E-state index is 9.63. The Balaban J connectivity index is 1.99. The molecule has 0 aliphatic heterocycles. The molecule has 0 spiro atoms. The molecule has 27 heavy (non-hydrogen) atoms. The van der Waals surface area contributed by atoms with E-state index in [-0.39, 0.29) is 5.56 Å². The molecule has 0 bridgehead atoms. The summed E-state index contributed by atoms with van der Waals surface area (Å²) in [5, 5.41) is 9.63. The molecular formula is C19H15N5O2S. The van der Waals surface area contributed by atoms with Gasteiger partial charge in [-0.3, -0.25) is 4.40 Å². The average Bonchev–Trinajstić information content (AvgIpc) is 3.06. The lowest BCUT2D eigenvalue weighted by Gasteiger charge is -2.05. The van der Waals surface area contributed by atoms with E-state index in [1.165, 1.54) is 11.3 Å². The standard InChI is InChI=1S/C19H15N5O2S/c1-25-12-5-3-11(4-6-12)22-18-14(10-20)17(21)24-15-8-7-13(26-2)9-16(15)27-19(24)23-18/h3-9H,21H2,1-2H3. The second kappa shape index (κ2) is 6.63. The zero-order valence-corrected chi connectivity index (χ0v) is 15.4. The number of nitrogens with two attached hydrogens (primary N) is 1. The third kappa shape index (κ3) is 2.84. The van der Waals surface area contributed by atoms with Gasteiger partial charge in [-0.1, -0.05) is 11.3 Å². The molecule has 2 aromatic carbocycles. The summed E-state index contributed by atoms with van der Waals surface area (Å²) >= 11 is 1.46. The van der Waals surface area contributed by atoms with E-state index in [1.54, 1.807) is 42.9 Å². The summed E-state index contributed by atoms with van der Waals surface area (Å²) < 4.78 is 13.2. The second-order valence-corrected chi connectivity index (χ2v) is 6.68. The van der Waals surface area contributed by atoms with Gasteiger partial charge in [0.2, 0.25) is 0 Å². The predicted octanol–water partition coefficient (Wildman–Crippen LogP) is 3.25. The maximum absolute atomic E-state index is 9.63. The van der Waals surface area contributed by atoms with Crippen molar-refractivity contribution in [1.82, 2.24) is 9.38 Å². The number of hydrogen-bond acceptors (Lipinski definition) is 7. The molecule has 2 aromatic heterocycles. The van der Waals surface area contributed by atoms with E-state index in [4.69, 9.17) is 15.2 Å². The molecule has 0 aliphatic carbocycles. The molecule has 0 fully saturated rings. The largest absolute Gasteiger partial charge is 0.497 e. The van der Waals surface area contributed by atoms with E-state index in [2.05, 4.69) is 16.0 Å². The zero-order valence-electron chi connectivity index (χ0n) is 14.6. The van der Waals surface area contributed by atoms with Crippen molar-refractivity contribution in [3.8, 4) is 17.6 Å². The van der Waals surface area contributed by atoms with Crippen molar-refractivity contribution in [3.05, 3.63) is 53.5 Å². The van der Waals surface area contributed by atoms with E-state index in [9.17, 15) is 5.26 Å². The van der Waals surface area contributed by atoms with Crippen LogP contribution in [0.3, 0.4) is 0 Å². The molecule has 0 unspecified atom stereocenters. The molecule has 0 atom stereocenters. The monoisotopic (exact) mass is 377 g/mol. The first-order valence-electron chi connectivity index (χ1n) is 8.02. The van der Waals surface area contributed by atoms with E-state index in [0.29, 0.717) is 22.0 Å². The Kier molecular flexibility index (Phi) is 4.14. The van der Waals surface area contributed by atoms with Crippen molar-refractivity contribution in [2.45, 2.75) is 0 Å². The van der Waals surface area contributed by atoms with Crippen molar-refractivity contribution in [1.29, 1.82) is 5.26 Å². The van der Waals surface area contributed by atoms with Crippen LogP contribution < -0.4 is 20.7 Å². The fourth-order valence-electron chi connectivity index (χ4n) is 2.78. The number of nitriles is 1. The van der Waals surface area contributed by atoms with E-state index >= 15 is 0 Å². The minimum Gasteiger partial charge on any atom is -0.497 e. The number of benzene rings is 2. The SMILES string of the molecule is COc1ccc(N=c2nc3sc4cc(OC)ccc4n3c(N)c2C#N)cc1. The van der Waals surface area contributed by atoms with Gasteiger partial charge in [0.25, 0.3) is 0 Å². The first-order valence-corrected chi connectivity index (χ1v) is 8.84. The molecule has 2 heterocycles. The molecule has 0 radical (unpaired) electrons. The second-order valence-electron chi connectivity index (χ2n) is 5.67. The molecule has 0 amide bonds. The first kappa shape index (κ1) is 16.9. The number of hydrogen-bond donors (Lipinski definition) is 1. The van der Waals surface area contributed by atoms with Crippen LogP contribution in [0, 0.1) is 11.3 Å². The number of aromatic nitrogens is 2. The van der Waals surface area contributed by atoms with Crippen molar-refractivity contribution in [3.63, 3.8) is 0 Å². The number of nitrogens with zero attached hydrogens (tertiary/aromatic N) is 4. The number of thiazole rings is 1. The lowest BCUT2D eigenvalue weighted by atomic mass is 10.3. The number of fused-ring (bicyclic) bond motifs is 3. The van der Waals surface area contributed by atoms with Gasteiger partial charge < -0.3 is 15.2 Å². The van der Waals surface area contributed by atoms with E-state index < -0.39 is 0 Å². The Labute approximate surface area is 158 Å². The third-order valence-electron chi connectivity index (χ3n) is 4.14. The van der Waals surface area contributed by atoms with Gasteiger partial charge in [0.15, 0.2) is 10.4 Å². The summed E-state index contributed by atoms with van der Waals surface area (Å²) in [6, 6.07) is 15.0. The van der Waals surface area contributed by atoms with Crippen LogP contribution in [0.25, 0.3) is 15.2 Å². The van der Waals surface area contributed by atoms with Gasteiger partial charge in [-0.05, 0) is 42.5 Å². The van der Waals surface area contributed by atoms with E-state index in [0.717, 1.165) is 21.7 Å². The number of anilines is 1. The number of methoxy groups -OCH3 is 2. The maximum Gasteiger partial charge on any atom is 0.198 e. The first-order chi connectivity index (χ1) is 13.1. The smallest absolute Gasteiger partial charge is 0.198 e. The number of rotatable bonds is 3. The third-order valence-corrected chi connectivity index (χ3v) is 5.15. The molecule has 4 rings (SSSR count). The topological polar surface area (TPSA) is 97.9 Å². The lowest BCUT2D eigenvalue weighted by molar-refractivity contribution is 0.415. The highest BCUT2D eigenvalue weighted by molar-refractivity contribution is 7.23. The summed E-state index contributed by atoms with van der Waals surface area (Å²) in [7, 11) is 3.22. The Morgan fingerprint density at radius 2 is 1.81 bits per heavy atom. The van der Waals surface area contributed by atoms with Crippen molar-refractivity contribution in [2.75, 3.05) is 20.0 Å². The lowest BCUT2D eigenvalue weighted by Crippen LogP contribution is -2.18. The fourth-order valence-corrected chi connectivity index (χ4v) is 3.84.